The van der Waals surface area contributed by atoms with E-state index in [4.69, 9.17) is 23.8 Å². The fraction of sp³-hybridized carbons (Fsp3) is 0.235. The first-order chi connectivity index (χ1) is 11.6. The van der Waals surface area contributed by atoms with E-state index in [2.05, 4.69) is 10.6 Å². The van der Waals surface area contributed by atoms with E-state index in [0.29, 0.717) is 6.54 Å². The van der Waals surface area contributed by atoms with Crippen LogP contribution in [0.25, 0.3) is 0 Å². The summed E-state index contributed by atoms with van der Waals surface area (Å²) in [6, 6.07) is 11.5. The summed E-state index contributed by atoms with van der Waals surface area (Å²) in [5.74, 6) is 0.530. The predicted molar refractivity (Wildman–Crippen MR) is 103 cm³/mol. The van der Waals surface area contributed by atoms with Crippen molar-refractivity contribution in [1.29, 1.82) is 0 Å². The highest BCUT2D eigenvalue weighted by atomic mass is 35.5. The second-order valence-electron chi connectivity index (χ2n) is 5.01. The Labute approximate surface area is 155 Å². The summed E-state index contributed by atoms with van der Waals surface area (Å²) in [7, 11) is 0. The molecule has 24 heavy (non-hydrogen) atoms. The minimum atomic E-state index is -0.669. The molecule has 0 saturated carbocycles. The third-order valence-corrected chi connectivity index (χ3v) is 4.75. The van der Waals surface area contributed by atoms with Crippen LogP contribution in [0.2, 0.25) is 5.02 Å². The van der Waals surface area contributed by atoms with Gasteiger partial charge in [0.1, 0.15) is 17.3 Å². The Balaban J connectivity index is 1.62. The van der Waals surface area contributed by atoms with Crippen LogP contribution >= 0.6 is 35.6 Å². The number of rotatable bonds is 7. The average Bonchev–Trinajstić information content (AvgIpc) is 2.56. The maximum atomic E-state index is 13.5. The van der Waals surface area contributed by atoms with Gasteiger partial charge in [-0.2, -0.15) is 11.8 Å². The van der Waals surface area contributed by atoms with Gasteiger partial charge in [0.2, 0.25) is 0 Å². The Kier molecular flexibility index (Phi) is 7.75. The summed E-state index contributed by atoms with van der Waals surface area (Å²) < 4.78 is 27.0. The quantitative estimate of drug-likeness (QED) is 0.502. The van der Waals surface area contributed by atoms with Gasteiger partial charge in [0.25, 0.3) is 0 Å². The van der Waals surface area contributed by atoms with Gasteiger partial charge in [-0.15, -0.1) is 0 Å². The number of halogens is 3. The number of thioether (sulfide) groups is 1. The van der Waals surface area contributed by atoms with Crippen LogP contribution in [0.15, 0.2) is 42.5 Å². The molecular weight excluding hydrogens is 370 g/mol. The second-order valence-corrected chi connectivity index (χ2v) is 6.96. The summed E-state index contributed by atoms with van der Waals surface area (Å²) in [5, 5.41) is 6.45. The monoisotopic (exact) mass is 386 g/mol. The summed E-state index contributed by atoms with van der Waals surface area (Å²) in [6.45, 7) is 0.634. The van der Waals surface area contributed by atoms with Gasteiger partial charge in [0.05, 0.1) is 0 Å². The van der Waals surface area contributed by atoms with E-state index in [1.165, 1.54) is 23.8 Å². The number of benzene rings is 2. The Bertz CT molecular complexity index is 661. The van der Waals surface area contributed by atoms with Gasteiger partial charge in [-0.25, -0.2) is 8.78 Å². The Morgan fingerprint density at radius 1 is 1.08 bits per heavy atom. The lowest BCUT2D eigenvalue weighted by molar-refractivity contribution is 0.591. The van der Waals surface area contributed by atoms with Crippen molar-refractivity contribution in [2.24, 2.45) is 0 Å². The zero-order valence-corrected chi connectivity index (χ0v) is 15.2. The molecule has 0 radical (unpaired) electrons. The van der Waals surface area contributed by atoms with Crippen molar-refractivity contribution < 1.29 is 8.78 Å². The molecule has 0 aliphatic carbocycles. The molecule has 0 aliphatic heterocycles. The zero-order chi connectivity index (χ0) is 17.4. The lowest BCUT2D eigenvalue weighted by Crippen LogP contribution is -2.30. The van der Waals surface area contributed by atoms with Crippen molar-refractivity contribution >= 4 is 46.4 Å². The fourth-order valence-electron chi connectivity index (χ4n) is 1.92. The summed E-state index contributed by atoms with van der Waals surface area (Å²) >= 11 is 12.7. The van der Waals surface area contributed by atoms with Crippen molar-refractivity contribution in [3.63, 3.8) is 0 Å². The molecule has 2 aromatic rings. The molecule has 0 amide bonds. The molecular formula is C17H17ClF2N2S2. The molecule has 0 saturated heterocycles. The summed E-state index contributed by atoms with van der Waals surface area (Å²) in [6.07, 6.45) is 0.889. The largest absolute Gasteiger partial charge is 0.362 e. The first-order valence-corrected chi connectivity index (χ1v) is 9.31. The fourth-order valence-corrected chi connectivity index (χ4v) is 3.17. The van der Waals surface area contributed by atoms with Gasteiger partial charge in [0.15, 0.2) is 5.11 Å². The van der Waals surface area contributed by atoms with E-state index in [1.54, 1.807) is 11.8 Å². The van der Waals surface area contributed by atoms with Crippen molar-refractivity contribution in [1.82, 2.24) is 5.32 Å². The molecule has 2 N–H and O–H groups in total. The number of hydrogen-bond donors (Lipinski definition) is 2. The van der Waals surface area contributed by atoms with E-state index in [0.717, 1.165) is 22.9 Å². The molecule has 7 heteroatoms. The smallest absolute Gasteiger partial charge is 0.170 e. The Morgan fingerprint density at radius 3 is 2.42 bits per heavy atom. The number of para-hydroxylation sites is 1. The Hall–Kier alpha value is -1.37. The maximum Gasteiger partial charge on any atom is 0.170 e. The standard InChI is InChI=1S/C17H17ClF2N2S2/c18-13-7-5-12(6-8-13)11-24-10-2-9-21-17(23)22-16-14(19)3-1-4-15(16)20/h1,3-8H,2,9-11H2,(H2,21,22,23). The first kappa shape index (κ1) is 19.0. The molecule has 0 spiro atoms. The first-order valence-electron chi connectivity index (χ1n) is 7.37. The van der Waals surface area contributed by atoms with Crippen LogP contribution in [-0.2, 0) is 5.75 Å². The molecule has 0 unspecified atom stereocenters. The van der Waals surface area contributed by atoms with Crippen molar-refractivity contribution in [3.8, 4) is 0 Å². The van der Waals surface area contributed by atoms with Crippen LogP contribution < -0.4 is 10.6 Å². The van der Waals surface area contributed by atoms with Gasteiger partial charge >= 0.3 is 0 Å². The van der Waals surface area contributed by atoms with Crippen LogP contribution in [-0.4, -0.2) is 17.4 Å². The minimum Gasteiger partial charge on any atom is -0.362 e. The average molecular weight is 387 g/mol. The molecule has 2 rings (SSSR count). The number of thiocarbonyl (C=S) groups is 1. The second kappa shape index (κ2) is 9.81. The van der Waals surface area contributed by atoms with Crippen molar-refractivity contribution in [3.05, 3.63) is 64.7 Å². The third kappa shape index (κ3) is 6.26. The normalized spacial score (nSPS) is 10.5. The topological polar surface area (TPSA) is 24.1 Å². The Morgan fingerprint density at radius 2 is 1.75 bits per heavy atom. The van der Waals surface area contributed by atoms with E-state index >= 15 is 0 Å². The lowest BCUT2D eigenvalue weighted by atomic mass is 10.2. The van der Waals surface area contributed by atoms with Gasteiger partial charge in [-0.3, -0.25) is 0 Å². The van der Waals surface area contributed by atoms with Crippen LogP contribution in [0.3, 0.4) is 0 Å². The molecule has 0 atom stereocenters. The molecule has 2 aromatic carbocycles. The zero-order valence-electron chi connectivity index (χ0n) is 12.8. The van der Waals surface area contributed by atoms with Crippen LogP contribution in [0.5, 0.6) is 0 Å². The van der Waals surface area contributed by atoms with E-state index < -0.39 is 11.6 Å². The molecule has 0 aromatic heterocycles. The molecule has 0 aliphatic rings. The van der Waals surface area contributed by atoms with Crippen LogP contribution in [0.1, 0.15) is 12.0 Å². The highest BCUT2D eigenvalue weighted by molar-refractivity contribution is 7.98. The maximum absolute atomic E-state index is 13.5. The van der Waals surface area contributed by atoms with Crippen LogP contribution in [0, 0.1) is 11.6 Å². The third-order valence-electron chi connectivity index (χ3n) is 3.13. The summed E-state index contributed by atoms with van der Waals surface area (Å²) in [5.41, 5.74) is 0.997. The minimum absolute atomic E-state index is 0.210. The van der Waals surface area contributed by atoms with Crippen molar-refractivity contribution in [2.75, 3.05) is 17.6 Å². The van der Waals surface area contributed by atoms with Gasteiger partial charge in [-0.05, 0) is 54.2 Å². The molecule has 128 valence electrons. The molecule has 0 heterocycles. The summed E-state index contributed by atoms with van der Waals surface area (Å²) in [4.78, 5) is 0. The van der Waals surface area contributed by atoms with Crippen molar-refractivity contribution in [2.45, 2.75) is 12.2 Å². The van der Waals surface area contributed by atoms with E-state index in [9.17, 15) is 8.78 Å². The predicted octanol–water partition coefficient (Wildman–Crippen LogP) is 5.23. The molecule has 2 nitrogen and oxygen atoms in total. The number of nitrogens with one attached hydrogen (secondary N) is 2. The highest BCUT2D eigenvalue weighted by Gasteiger charge is 2.09. The number of hydrogen-bond acceptors (Lipinski definition) is 2. The molecule has 0 bridgehead atoms. The van der Waals surface area contributed by atoms with Gasteiger partial charge < -0.3 is 10.6 Å². The van der Waals surface area contributed by atoms with E-state index in [-0.39, 0.29) is 10.8 Å². The van der Waals surface area contributed by atoms with Crippen LogP contribution in [0.4, 0.5) is 14.5 Å². The van der Waals surface area contributed by atoms with E-state index in [1.807, 2.05) is 24.3 Å². The van der Waals surface area contributed by atoms with Gasteiger partial charge in [0, 0.05) is 17.3 Å². The molecule has 0 fully saturated rings. The number of anilines is 1. The lowest BCUT2D eigenvalue weighted by Gasteiger charge is -2.11. The SMILES string of the molecule is Fc1cccc(F)c1NC(=S)NCCCSCc1ccc(Cl)cc1. The van der Waals surface area contributed by atoms with Gasteiger partial charge in [-0.1, -0.05) is 29.8 Å². The highest BCUT2D eigenvalue weighted by Crippen LogP contribution is 2.18.